The minimum Gasteiger partial charge on any atom is -1.00 e. The summed E-state index contributed by atoms with van der Waals surface area (Å²) in [7, 11) is 0. The lowest BCUT2D eigenvalue weighted by Gasteiger charge is -2.25. The van der Waals surface area contributed by atoms with Gasteiger partial charge < -0.3 is 22.8 Å². The molecule has 2 nitrogen and oxygen atoms in total. The van der Waals surface area contributed by atoms with Gasteiger partial charge in [-0.15, -0.1) is 0 Å². The average molecular weight is 124 g/mol. The Morgan fingerprint density at radius 2 is 2.14 bits per heavy atom. The molecule has 7 heavy (non-hydrogen) atoms. The maximum atomic E-state index is 8.69. The van der Waals surface area contributed by atoms with E-state index in [9.17, 15) is 0 Å². The molecule has 1 heterocycles. The van der Waals surface area contributed by atoms with Crippen LogP contribution in [0.2, 0.25) is 0 Å². The molecule has 0 aromatic carbocycles. The third-order valence-electron chi connectivity index (χ3n) is 1.36. The minimum atomic E-state index is -0.0231. The summed E-state index contributed by atoms with van der Waals surface area (Å²) in [6.45, 7) is 2.93. The standard InChI is InChI=1S/C4H9NO.ClH/c1-3-4(6)2-5-3;/h3-6H,2H2,1H3;1H. The second-order valence-corrected chi connectivity index (χ2v) is 1.90. The topological polar surface area (TPSA) is 36.8 Å². The maximum Gasteiger partial charge on any atom is 0.154 e. The van der Waals surface area contributed by atoms with Crippen LogP contribution in [0.4, 0.5) is 0 Å². The lowest BCUT2D eigenvalue weighted by atomic mass is 10.1. The highest BCUT2D eigenvalue weighted by atomic mass is 35.5. The Bertz CT molecular complexity index is 51.7. The summed E-state index contributed by atoms with van der Waals surface area (Å²) in [5, 5.41) is 10.8. The number of hydrogen-bond donors (Lipinski definition) is 2. The van der Waals surface area contributed by atoms with Crippen molar-refractivity contribution >= 4 is 0 Å². The fourth-order valence-corrected chi connectivity index (χ4v) is 0.530. The molecule has 2 unspecified atom stereocenters. The van der Waals surface area contributed by atoms with Crippen molar-refractivity contribution in [2.45, 2.75) is 19.1 Å². The monoisotopic (exact) mass is 123 g/mol. The van der Waals surface area contributed by atoms with Crippen LogP contribution in [0.5, 0.6) is 0 Å². The third-order valence-corrected chi connectivity index (χ3v) is 1.36. The van der Waals surface area contributed by atoms with E-state index in [1.165, 1.54) is 0 Å². The second-order valence-electron chi connectivity index (χ2n) is 1.90. The van der Waals surface area contributed by atoms with Gasteiger partial charge in [0.05, 0.1) is 0 Å². The molecular formula is C4H10ClNO. The minimum absolute atomic E-state index is 0. The zero-order valence-electron chi connectivity index (χ0n) is 4.26. The molecule has 3 N–H and O–H groups in total. The van der Waals surface area contributed by atoms with Crippen molar-refractivity contribution in [2.24, 2.45) is 0 Å². The molecule has 0 radical (unpaired) electrons. The Morgan fingerprint density at radius 3 is 2.14 bits per heavy atom. The summed E-state index contributed by atoms with van der Waals surface area (Å²) >= 11 is 0. The highest BCUT2D eigenvalue weighted by Crippen LogP contribution is 1.88. The molecular weight excluding hydrogens is 114 g/mol. The molecule has 0 spiro atoms. The third kappa shape index (κ3) is 1.30. The molecule has 1 saturated heterocycles. The van der Waals surface area contributed by atoms with Crippen LogP contribution in [0.3, 0.4) is 0 Å². The predicted octanol–water partition coefficient (Wildman–Crippen LogP) is -4.68. The summed E-state index contributed by atoms with van der Waals surface area (Å²) in [5.41, 5.74) is 0. The number of hydrogen-bond acceptors (Lipinski definition) is 1. The molecule has 1 aliphatic heterocycles. The van der Waals surface area contributed by atoms with Gasteiger partial charge in [-0.1, -0.05) is 0 Å². The van der Waals surface area contributed by atoms with Crippen LogP contribution < -0.4 is 17.7 Å². The van der Waals surface area contributed by atoms with Crippen molar-refractivity contribution in [1.29, 1.82) is 0 Å². The van der Waals surface area contributed by atoms with Gasteiger partial charge in [-0.2, -0.15) is 0 Å². The molecule has 0 saturated carbocycles. The van der Waals surface area contributed by atoms with Crippen LogP contribution in [0.1, 0.15) is 6.92 Å². The van der Waals surface area contributed by atoms with Gasteiger partial charge in [-0.3, -0.25) is 0 Å². The van der Waals surface area contributed by atoms with E-state index in [1.807, 2.05) is 6.92 Å². The number of aliphatic hydroxyl groups excluding tert-OH is 1. The van der Waals surface area contributed by atoms with Crippen LogP contribution in [0.15, 0.2) is 0 Å². The first-order valence-corrected chi connectivity index (χ1v) is 2.32. The van der Waals surface area contributed by atoms with E-state index >= 15 is 0 Å². The molecule has 0 aromatic heterocycles. The number of quaternary nitrogens is 1. The van der Waals surface area contributed by atoms with E-state index in [2.05, 4.69) is 5.32 Å². The van der Waals surface area contributed by atoms with Gasteiger partial charge in [0, 0.05) is 0 Å². The van der Waals surface area contributed by atoms with Gasteiger partial charge in [0.2, 0.25) is 0 Å². The van der Waals surface area contributed by atoms with Crippen LogP contribution in [0.25, 0.3) is 0 Å². The summed E-state index contributed by atoms with van der Waals surface area (Å²) < 4.78 is 0. The Morgan fingerprint density at radius 1 is 1.71 bits per heavy atom. The first-order chi connectivity index (χ1) is 2.80. The van der Waals surface area contributed by atoms with Crippen molar-refractivity contribution < 1.29 is 22.8 Å². The van der Waals surface area contributed by atoms with Gasteiger partial charge in [0.15, 0.2) is 6.10 Å². The lowest BCUT2D eigenvalue weighted by Crippen LogP contribution is -3.03. The largest absolute Gasteiger partial charge is 1.00 e. The first-order valence-electron chi connectivity index (χ1n) is 2.32. The van der Waals surface area contributed by atoms with Gasteiger partial charge >= 0.3 is 0 Å². The van der Waals surface area contributed by atoms with Gasteiger partial charge in [0.1, 0.15) is 12.6 Å². The average Bonchev–Trinajstić information content (AvgIpc) is 1.61. The van der Waals surface area contributed by atoms with Crippen LogP contribution in [-0.2, 0) is 0 Å². The van der Waals surface area contributed by atoms with E-state index in [1.54, 1.807) is 0 Å². The van der Waals surface area contributed by atoms with E-state index < -0.39 is 0 Å². The first kappa shape index (κ1) is 7.21. The molecule has 2 atom stereocenters. The van der Waals surface area contributed by atoms with E-state index in [-0.39, 0.29) is 18.5 Å². The second kappa shape index (κ2) is 2.50. The van der Waals surface area contributed by atoms with Crippen molar-refractivity contribution in [2.75, 3.05) is 6.54 Å². The predicted molar refractivity (Wildman–Crippen MR) is 22.3 cm³/mol. The Balaban J connectivity index is 0.000000360. The molecule has 0 bridgehead atoms. The molecule has 1 aliphatic rings. The van der Waals surface area contributed by atoms with E-state index in [4.69, 9.17) is 5.11 Å². The summed E-state index contributed by atoms with van der Waals surface area (Å²) in [5.74, 6) is 0. The smallest absolute Gasteiger partial charge is 0.154 e. The highest BCUT2D eigenvalue weighted by Gasteiger charge is 2.27. The molecule has 44 valence electrons. The Hall–Kier alpha value is 0.210. The maximum absolute atomic E-state index is 8.69. The molecule has 0 amide bonds. The highest BCUT2D eigenvalue weighted by molar-refractivity contribution is 4.65. The van der Waals surface area contributed by atoms with Gasteiger partial charge in [-0.25, -0.2) is 0 Å². The van der Waals surface area contributed by atoms with Crippen molar-refractivity contribution in [3.05, 3.63) is 0 Å². The van der Waals surface area contributed by atoms with Gasteiger partial charge in [0.25, 0.3) is 0 Å². The number of nitrogens with two attached hydrogens (primary N) is 1. The van der Waals surface area contributed by atoms with E-state index in [0.717, 1.165) is 6.54 Å². The lowest BCUT2D eigenvalue weighted by molar-refractivity contribution is -0.757. The summed E-state index contributed by atoms with van der Waals surface area (Å²) in [6, 6.07) is 0.463. The zero-order chi connectivity index (χ0) is 4.57. The van der Waals surface area contributed by atoms with Crippen LogP contribution in [0, 0.1) is 0 Å². The number of rotatable bonds is 0. The van der Waals surface area contributed by atoms with Crippen LogP contribution in [-0.4, -0.2) is 23.8 Å². The summed E-state index contributed by atoms with van der Waals surface area (Å²) in [4.78, 5) is 0. The summed E-state index contributed by atoms with van der Waals surface area (Å²) in [6.07, 6.45) is -0.0231. The number of halogens is 1. The van der Waals surface area contributed by atoms with Crippen molar-refractivity contribution in [3.8, 4) is 0 Å². The van der Waals surface area contributed by atoms with Crippen molar-refractivity contribution in [3.63, 3.8) is 0 Å². The van der Waals surface area contributed by atoms with Gasteiger partial charge in [-0.05, 0) is 6.92 Å². The molecule has 3 heteroatoms. The Labute approximate surface area is 49.3 Å². The molecule has 0 aliphatic carbocycles. The van der Waals surface area contributed by atoms with Crippen molar-refractivity contribution in [1.82, 2.24) is 0 Å². The quantitative estimate of drug-likeness (QED) is 0.334. The Kier molecular flexibility index (Phi) is 2.58. The molecule has 0 aromatic rings. The number of aliphatic hydroxyl groups is 1. The van der Waals surface area contributed by atoms with Crippen LogP contribution >= 0.6 is 0 Å². The van der Waals surface area contributed by atoms with E-state index in [0.29, 0.717) is 6.04 Å². The molecule has 1 fully saturated rings. The fourth-order valence-electron chi connectivity index (χ4n) is 0.530. The molecule has 1 rings (SSSR count). The zero-order valence-corrected chi connectivity index (χ0v) is 5.02. The SMILES string of the molecule is CC1[NH2+]CC1O.[Cl-]. The fraction of sp³-hybridized carbons (Fsp3) is 1.00. The normalized spacial score (nSPS) is 38.6.